The molecule has 0 fully saturated rings. The number of aromatic nitrogens is 4. The topological polar surface area (TPSA) is 80.4 Å². The lowest BCUT2D eigenvalue weighted by atomic mass is 10.2. The zero-order valence-electron chi connectivity index (χ0n) is 8.09. The van der Waals surface area contributed by atoms with Gasteiger partial charge in [-0.25, -0.2) is 9.78 Å². The Morgan fingerprint density at radius 3 is 2.67 bits per heavy atom. The number of hydrogen-bond acceptors (Lipinski definition) is 5. The minimum atomic E-state index is -1.09. The smallest absolute Gasteiger partial charge is 0.355 e. The first kappa shape index (κ1) is 9.91. The molecule has 0 saturated carbocycles. The molecule has 2 aromatic heterocycles. The normalized spacial score (nSPS) is 10.9. The van der Waals surface area contributed by atoms with E-state index in [1.807, 2.05) is 0 Å². The molecule has 0 saturated heterocycles. The van der Waals surface area contributed by atoms with E-state index in [1.165, 1.54) is 4.52 Å². The summed E-state index contributed by atoms with van der Waals surface area (Å²) in [5, 5.41) is 13.4. The molecule has 6 nitrogen and oxygen atoms in total. The molecule has 0 aliphatic rings. The van der Waals surface area contributed by atoms with E-state index in [0.717, 1.165) is 0 Å². The van der Waals surface area contributed by atoms with E-state index in [1.54, 1.807) is 13.8 Å². The van der Waals surface area contributed by atoms with Crippen LogP contribution >= 0.6 is 12.6 Å². The summed E-state index contributed by atoms with van der Waals surface area (Å²) in [5.74, 6) is -0.314. The van der Waals surface area contributed by atoms with Crippen molar-refractivity contribution in [2.24, 2.45) is 0 Å². The highest BCUT2D eigenvalue weighted by Gasteiger charge is 2.16. The molecule has 0 aromatic carbocycles. The SMILES string of the molecule is Cc1nc2nc(C(=O)O)c(C)c(S)n2n1. The molecule has 7 heteroatoms. The Bertz CT molecular complexity index is 563. The second kappa shape index (κ2) is 3.20. The lowest BCUT2D eigenvalue weighted by Gasteiger charge is -2.03. The maximum absolute atomic E-state index is 10.9. The van der Waals surface area contributed by atoms with E-state index in [2.05, 4.69) is 27.7 Å². The second-order valence-corrected chi connectivity index (χ2v) is 3.51. The van der Waals surface area contributed by atoms with Crippen LogP contribution in [0.5, 0.6) is 0 Å². The number of rotatable bonds is 1. The summed E-state index contributed by atoms with van der Waals surface area (Å²) in [5.41, 5.74) is 0.433. The minimum Gasteiger partial charge on any atom is -0.476 e. The fourth-order valence-corrected chi connectivity index (χ4v) is 1.52. The van der Waals surface area contributed by atoms with Crippen LogP contribution in [0.1, 0.15) is 21.9 Å². The summed E-state index contributed by atoms with van der Waals surface area (Å²) in [4.78, 5) is 18.8. The van der Waals surface area contributed by atoms with E-state index in [9.17, 15) is 4.79 Å². The Hall–Kier alpha value is -1.63. The first-order valence-electron chi connectivity index (χ1n) is 4.17. The largest absolute Gasteiger partial charge is 0.476 e. The minimum absolute atomic E-state index is 0.0418. The predicted octanol–water partition coefficient (Wildman–Crippen LogP) is 0.728. The van der Waals surface area contributed by atoms with Crippen LogP contribution in [-0.4, -0.2) is 30.7 Å². The number of carboxylic acid groups (broad SMARTS) is 1. The molecule has 0 radical (unpaired) electrons. The van der Waals surface area contributed by atoms with Gasteiger partial charge in [-0.15, -0.1) is 17.7 Å². The van der Waals surface area contributed by atoms with Gasteiger partial charge in [0.25, 0.3) is 5.78 Å². The molecular weight excluding hydrogens is 216 g/mol. The third-order valence-electron chi connectivity index (χ3n) is 2.00. The quantitative estimate of drug-likeness (QED) is 0.551. The Balaban J connectivity index is 2.87. The van der Waals surface area contributed by atoms with E-state index < -0.39 is 5.97 Å². The Kier molecular flexibility index (Phi) is 2.11. The van der Waals surface area contributed by atoms with Crippen molar-refractivity contribution in [1.29, 1.82) is 0 Å². The van der Waals surface area contributed by atoms with Crippen LogP contribution in [-0.2, 0) is 0 Å². The van der Waals surface area contributed by atoms with Crippen molar-refractivity contribution in [3.63, 3.8) is 0 Å². The van der Waals surface area contributed by atoms with E-state index in [4.69, 9.17) is 5.11 Å². The van der Waals surface area contributed by atoms with Crippen LogP contribution in [0.15, 0.2) is 5.03 Å². The third-order valence-corrected chi connectivity index (χ3v) is 2.53. The number of carbonyl (C=O) groups is 1. The van der Waals surface area contributed by atoms with Gasteiger partial charge < -0.3 is 5.11 Å². The standard InChI is InChI=1S/C8H8N4O2S/c1-3-5(7(13)14)10-8-9-4(2)11-12(8)6(3)15/h15H,1-2H3,(H,13,14). The number of thiol groups is 1. The molecule has 2 heterocycles. The summed E-state index contributed by atoms with van der Waals surface area (Å²) in [6.07, 6.45) is 0. The zero-order valence-corrected chi connectivity index (χ0v) is 8.99. The molecule has 0 aliphatic carbocycles. The highest BCUT2D eigenvalue weighted by Crippen LogP contribution is 2.16. The first-order chi connectivity index (χ1) is 7.00. The van der Waals surface area contributed by atoms with Crippen molar-refractivity contribution in [2.75, 3.05) is 0 Å². The Morgan fingerprint density at radius 1 is 1.40 bits per heavy atom. The lowest BCUT2D eigenvalue weighted by Crippen LogP contribution is -2.08. The molecule has 0 amide bonds. The van der Waals surface area contributed by atoms with Gasteiger partial charge >= 0.3 is 5.97 Å². The Labute approximate surface area is 90.4 Å². The zero-order chi connectivity index (χ0) is 11.2. The van der Waals surface area contributed by atoms with Crippen molar-refractivity contribution in [1.82, 2.24) is 19.6 Å². The molecular formula is C8H8N4O2S. The maximum atomic E-state index is 10.9. The molecule has 2 rings (SSSR count). The van der Waals surface area contributed by atoms with Crippen molar-refractivity contribution >= 4 is 24.4 Å². The summed E-state index contributed by atoms with van der Waals surface area (Å²) in [6, 6.07) is 0. The molecule has 0 bridgehead atoms. The van der Waals surface area contributed by atoms with Crippen molar-refractivity contribution < 1.29 is 9.90 Å². The van der Waals surface area contributed by atoms with Gasteiger partial charge in [0.15, 0.2) is 5.69 Å². The molecule has 0 unspecified atom stereocenters. The van der Waals surface area contributed by atoms with Gasteiger partial charge in [0, 0.05) is 5.56 Å². The molecule has 0 aliphatic heterocycles. The number of fused-ring (bicyclic) bond motifs is 1. The van der Waals surface area contributed by atoms with Gasteiger partial charge in [-0.2, -0.15) is 9.50 Å². The summed E-state index contributed by atoms with van der Waals surface area (Å²) in [6.45, 7) is 3.34. The second-order valence-electron chi connectivity index (χ2n) is 3.08. The summed E-state index contributed by atoms with van der Waals surface area (Å²) in [7, 11) is 0. The molecule has 78 valence electrons. The molecule has 1 N–H and O–H groups in total. The van der Waals surface area contributed by atoms with E-state index >= 15 is 0 Å². The first-order valence-corrected chi connectivity index (χ1v) is 4.61. The number of hydrogen-bond donors (Lipinski definition) is 2. The van der Waals surface area contributed by atoms with Gasteiger partial charge in [0.2, 0.25) is 0 Å². The van der Waals surface area contributed by atoms with Crippen LogP contribution in [0.4, 0.5) is 0 Å². The van der Waals surface area contributed by atoms with Gasteiger partial charge in [0.05, 0.1) is 0 Å². The molecule has 2 aromatic rings. The Morgan fingerprint density at radius 2 is 2.07 bits per heavy atom. The van der Waals surface area contributed by atoms with E-state index in [-0.39, 0.29) is 11.5 Å². The van der Waals surface area contributed by atoms with Crippen LogP contribution in [0.3, 0.4) is 0 Å². The number of carboxylic acids is 1. The van der Waals surface area contributed by atoms with Gasteiger partial charge in [0.1, 0.15) is 10.9 Å². The van der Waals surface area contributed by atoms with Gasteiger partial charge in [-0.1, -0.05) is 0 Å². The number of aryl methyl sites for hydroxylation is 1. The lowest BCUT2D eigenvalue weighted by molar-refractivity contribution is 0.0689. The molecule has 0 spiro atoms. The number of nitrogens with zero attached hydrogens (tertiary/aromatic N) is 4. The van der Waals surface area contributed by atoms with Crippen LogP contribution in [0, 0.1) is 13.8 Å². The molecule has 0 atom stereocenters. The summed E-state index contributed by atoms with van der Waals surface area (Å²) < 4.78 is 1.42. The fourth-order valence-electron chi connectivity index (χ4n) is 1.28. The van der Waals surface area contributed by atoms with Crippen LogP contribution in [0.25, 0.3) is 5.78 Å². The average molecular weight is 224 g/mol. The summed E-state index contributed by atoms with van der Waals surface area (Å²) >= 11 is 4.20. The highest BCUT2D eigenvalue weighted by molar-refractivity contribution is 7.80. The maximum Gasteiger partial charge on any atom is 0.355 e. The molecule has 15 heavy (non-hydrogen) atoms. The fraction of sp³-hybridized carbons (Fsp3) is 0.250. The number of aromatic carboxylic acids is 1. The van der Waals surface area contributed by atoms with Gasteiger partial charge in [-0.3, -0.25) is 0 Å². The average Bonchev–Trinajstić information content (AvgIpc) is 2.52. The van der Waals surface area contributed by atoms with Gasteiger partial charge in [-0.05, 0) is 13.8 Å². The highest BCUT2D eigenvalue weighted by atomic mass is 32.1. The monoisotopic (exact) mass is 224 g/mol. The predicted molar refractivity (Wildman–Crippen MR) is 54.5 cm³/mol. The van der Waals surface area contributed by atoms with Crippen LogP contribution in [0.2, 0.25) is 0 Å². The van der Waals surface area contributed by atoms with Crippen molar-refractivity contribution in [3.05, 3.63) is 17.1 Å². The van der Waals surface area contributed by atoms with Crippen molar-refractivity contribution in [2.45, 2.75) is 18.9 Å². The van der Waals surface area contributed by atoms with Crippen LogP contribution < -0.4 is 0 Å². The van der Waals surface area contributed by atoms with E-state index in [0.29, 0.717) is 16.4 Å². The third kappa shape index (κ3) is 1.44. The van der Waals surface area contributed by atoms with Crippen molar-refractivity contribution in [3.8, 4) is 0 Å².